The van der Waals surface area contributed by atoms with Crippen LogP contribution in [0.2, 0.25) is 0 Å². The Labute approximate surface area is 126 Å². The predicted octanol–water partition coefficient (Wildman–Crippen LogP) is 2.24. The summed E-state index contributed by atoms with van der Waals surface area (Å²) in [4.78, 5) is 6.81. The molecule has 1 fully saturated rings. The van der Waals surface area contributed by atoms with Gasteiger partial charge < -0.3 is 5.32 Å². The van der Waals surface area contributed by atoms with Gasteiger partial charge in [-0.25, -0.2) is 4.98 Å². The normalized spacial score (nSPS) is 19.6. The Morgan fingerprint density at radius 1 is 1.38 bits per heavy atom. The first-order valence-electron chi connectivity index (χ1n) is 7.59. The second kappa shape index (κ2) is 6.26. The van der Waals surface area contributed by atoms with Crippen molar-refractivity contribution in [2.75, 3.05) is 25.5 Å². The van der Waals surface area contributed by atoms with Crippen molar-refractivity contribution >= 4 is 5.82 Å². The lowest BCUT2D eigenvalue weighted by Gasteiger charge is -2.32. The SMILES string of the molecule is CNc1cc([C@@H]2CCCN(Cc3ccn(C)n3)C2)ccn1. The third-order valence-electron chi connectivity index (χ3n) is 4.17. The molecule has 5 nitrogen and oxygen atoms in total. The quantitative estimate of drug-likeness (QED) is 0.936. The summed E-state index contributed by atoms with van der Waals surface area (Å²) < 4.78 is 1.87. The van der Waals surface area contributed by atoms with Crippen LogP contribution < -0.4 is 5.32 Å². The highest BCUT2D eigenvalue weighted by Gasteiger charge is 2.22. The largest absolute Gasteiger partial charge is 0.373 e. The molecule has 2 aromatic heterocycles. The van der Waals surface area contributed by atoms with Gasteiger partial charge in [-0.1, -0.05) is 0 Å². The van der Waals surface area contributed by atoms with Crippen LogP contribution in [0.5, 0.6) is 0 Å². The summed E-state index contributed by atoms with van der Waals surface area (Å²) >= 11 is 0. The zero-order chi connectivity index (χ0) is 14.7. The predicted molar refractivity (Wildman–Crippen MR) is 84.2 cm³/mol. The average molecular weight is 285 g/mol. The topological polar surface area (TPSA) is 46.0 Å². The van der Waals surface area contributed by atoms with Gasteiger partial charge in [-0.05, 0) is 49.1 Å². The van der Waals surface area contributed by atoms with Crippen molar-refractivity contribution in [3.8, 4) is 0 Å². The molecule has 112 valence electrons. The van der Waals surface area contributed by atoms with Gasteiger partial charge in [0.15, 0.2) is 0 Å². The number of anilines is 1. The van der Waals surface area contributed by atoms with Gasteiger partial charge in [0.25, 0.3) is 0 Å². The molecule has 1 N–H and O–H groups in total. The summed E-state index contributed by atoms with van der Waals surface area (Å²) in [7, 11) is 3.89. The number of piperidine rings is 1. The van der Waals surface area contributed by atoms with Gasteiger partial charge in [0, 0.05) is 39.6 Å². The fourth-order valence-corrected chi connectivity index (χ4v) is 3.09. The Morgan fingerprint density at radius 2 is 2.29 bits per heavy atom. The molecule has 21 heavy (non-hydrogen) atoms. The monoisotopic (exact) mass is 285 g/mol. The summed E-state index contributed by atoms with van der Waals surface area (Å²) in [6.45, 7) is 3.21. The summed E-state index contributed by atoms with van der Waals surface area (Å²) in [5.41, 5.74) is 2.55. The lowest BCUT2D eigenvalue weighted by atomic mass is 9.91. The first kappa shape index (κ1) is 14.1. The van der Waals surface area contributed by atoms with Crippen LogP contribution in [0.4, 0.5) is 5.82 Å². The Morgan fingerprint density at radius 3 is 3.05 bits per heavy atom. The van der Waals surface area contributed by atoms with Crippen LogP contribution in [-0.4, -0.2) is 39.8 Å². The number of nitrogens with zero attached hydrogens (tertiary/aromatic N) is 4. The van der Waals surface area contributed by atoms with Crippen molar-refractivity contribution < 1.29 is 0 Å². The van der Waals surface area contributed by atoms with Crippen molar-refractivity contribution in [2.24, 2.45) is 7.05 Å². The highest BCUT2D eigenvalue weighted by molar-refractivity contribution is 5.38. The number of aromatic nitrogens is 3. The molecule has 5 heteroatoms. The van der Waals surface area contributed by atoms with Crippen LogP contribution in [0.25, 0.3) is 0 Å². The fourth-order valence-electron chi connectivity index (χ4n) is 3.09. The molecule has 0 unspecified atom stereocenters. The van der Waals surface area contributed by atoms with E-state index in [1.54, 1.807) is 0 Å². The second-order valence-electron chi connectivity index (χ2n) is 5.78. The number of aryl methyl sites for hydroxylation is 1. The summed E-state index contributed by atoms with van der Waals surface area (Å²) in [5, 5.41) is 7.61. The van der Waals surface area contributed by atoms with E-state index in [0.717, 1.165) is 31.1 Å². The zero-order valence-corrected chi connectivity index (χ0v) is 12.8. The van der Waals surface area contributed by atoms with E-state index >= 15 is 0 Å². The van der Waals surface area contributed by atoms with Crippen molar-refractivity contribution in [1.29, 1.82) is 0 Å². The molecular weight excluding hydrogens is 262 g/mol. The van der Waals surface area contributed by atoms with Gasteiger partial charge in [-0.3, -0.25) is 9.58 Å². The summed E-state index contributed by atoms with van der Waals surface area (Å²) in [5.74, 6) is 1.55. The lowest BCUT2D eigenvalue weighted by molar-refractivity contribution is 0.197. The first-order valence-corrected chi connectivity index (χ1v) is 7.59. The number of hydrogen-bond donors (Lipinski definition) is 1. The Hall–Kier alpha value is -1.88. The van der Waals surface area contributed by atoms with Gasteiger partial charge in [0.1, 0.15) is 5.82 Å². The van der Waals surface area contributed by atoms with Crippen LogP contribution in [-0.2, 0) is 13.6 Å². The average Bonchev–Trinajstić information content (AvgIpc) is 2.93. The minimum absolute atomic E-state index is 0.595. The standard InChI is InChI=1S/C16H23N5/c1-17-16-10-13(5-7-18-16)14-4-3-8-21(11-14)12-15-6-9-20(2)19-15/h5-7,9-10,14H,3-4,8,11-12H2,1-2H3,(H,17,18)/t14-/m1/s1. The Kier molecular flexibility index (Phi) is 4.20. The first-order chi connectivity index (χ1) is 10.2. The maximum absolute atomic E-state index is 4.48. The minimum atomic E-state index is 0.595. The molecule has 0 radical (unpaired) electrons. The molecular formula is C16H23N5. The van der Waals surface area contributed by atoms with Crippen LogP contribution in [0.15, 0.2) is 30.6 Å². The Balaban J connectivity index is 1.67. The summed E-state index contributed by atoms with van der Waals surface area (Å²) in [6.07, 6.45) is 6.41. The maximum Gasteiger partial charge on any atom is 0.125 e. The number of rotatable bonds is 4. The smallest absolute Gasteiger partial charge is 0.125 e. The van der Waals surface area contributed by atoms with E-state index in [0.29, 0.717) is 5.92 Å². The second-order valence-corrected chi connectivity index (χ2v) is 5.78. The fraction of sp³-hybridized carbons (Fsp3) is 0.500. The summed E-state index contributed by atoms with van der Waals surface area (Å²) in [6, 6.07) is 6.43. The van der Waals surface area contributed by atoms with Crippen molar-refractivity contribution in [3.63, 3.8) is 0 Å². The molecule has 0 aromatic carbocycles. The van der Waals surface area contributed by atoms with Crippen LogP contribution in [0.1, 0.15) is 30.0 Å². The molecule has 0 saturated carbocycles. The molecule has 1 saturated heterocycles. The number of pyridine rings is 1. The van der Waals surface area contributed by atoms with Gasteiger partial charge >= 0.3 is 0 Å². The lowest BCUT2D eigenvalue weighted by Crippen LogP contribution is -2.34. The van der Waals surface area contributed by atoms with Crippen molar-refractivity contribution in [3.05, 3.63) is 41.9 Å². The van der Waals surface area contributed by atoms with E-state index in [9.17, 15) is 0 Å². The molecule has 2 aromatic rings. The van der Waals surface area contributed by atoms with Gasteiger partial charge in [0.2, 0.25) is 0 Å². The van der Waals surface area contributed by atoms with E-state index in [1.165, 1.54) is 18.4 Å². The van der Waals surface area contributed by atoms with E-state index in [1.807, 2.05) is 31.2 Å². The van der Waals surface area contributed by atoms with Gasteiger partial charge in [-0.15, -0.1) is 0 Å². The van der Waals surface area contributed by atoms with E-state index in [-0.39, 0.29) is 0 Å². The highest BCUT2D eigenvalue weighted by atomic mass is 15.3. The molecule has 1 aliphatic heterocycles. The number of hydrogen-bond acceptors (Lipinski definition) is 4. The number of nitrogens with one attached hydrogen (secondary N) is 1. The Bertz CT molecular complexity index is 592. The molecule has 3 heterocycles. The van der Waals surface area contributed by atoms with Crippen LogP contribution in [0.3, 0.4) is 0 Å². The van der Waals surface area contributed by atoms with E-state index in [2.05, 4.69) is 38.5 Å². The van der Waals surface area contributed by atoms with Gasteiger partial charge in [-0.2, -0.15) is 5.10 Å². The highest BCUT2D eigenvalue weighted by Crippen LogP contribution is 2.28. The van der Waals surface area contributed by atoms with Crippen LogP contribution in [0, 0.1) is 0 Å². The maximum atomic E-state index is 4.48. The van der Waals surface area contributed by atoms with Crippen molar-refractivity contribution in [2.45, 2.75) is 25.3 Å². The van der Waals surface area contributed by atoms with E-state index in [4.69, 9.17) is 0 Å². The third kappa shape index (κ3) is 3.42. The van der Waals surface area contributed by atoms with E-state index < -0.39 is 0 Å². The molecule has 0 spiro atoms. The molecule has 0 aliphatic carbocycles. The molecule has 0 amide bonds. The number of likely N-dealkylation sites (tertiary alicyclic amines) is 1. The molecule has 0 bridgehead atoms. The minimum Gasteiger partial charge on any atom is -0.373 e. The van der Waals surface area contributed by atoms with Crippen molar-refractivity contribution in [1.82, 2.24) is 19.7 Å². The zero-order valence-electron chi connectivity index (χ0n) is 12.8. The van der Waals surface area contributed by atoms with Gasteiger partial charge in [0.05, 0.1) is 5.69 Å². The molecule has 1 aliphatic rings. The third-order valence-corrected chi connectivity index (χ3v) is 4.17. The van der Waals surface area contributed by atoms with Crippen LogP contribution >= 0.6 is 0 Å². The molecule has 1 atom stereocenters. The molecule has 3 rings (SSSR count).